The number of hydrogen-bond acceptors (Lipinski definition) is 2. The highest BCUT2D eigenvalue weighted by atomic mass is 35.5. The van der Waals surface area contributed by atoms with Crippen LogP contribution >= 0.6 is 23.2 Å². The molecule has 88 valence electrons. The molecule has 0 aliphatic heterocycles. The summed E-state index contributed by atoms with van der Waals surface area (Å²) in [5.41, 5.74) is 1.20. The van der Waals surface area contributed by atoms with Crippen LogP contribution in [0.5, 0.6) is 5.75 Å². The minimum Gasteiger partial charge on any atom is -0.495 e. The van der Waals surface area contributed by atoms with Gasteiger partial charge in [-0.25, -0.2) is 0 Å². The summed E-state index contributed by atoms with van der Waals surface area (Å²) in [7, 11) is 1.45. The molecule has 0 aromatic heterocycles. The van der Waals surface area contributed by atoms with Gasteiger partial charge < -0.3 is 9.84 Å². The van der Waals surface area contributed by atoms with E-state index in [0.29, 0.717) is 26.9 Å². The topological polar surface area (TPSA) is 46.5 Å². The normalized spacial score (nSPS) is 12.3. The van der Waals surface area contributed by atoms with Gasteiger partial charge in [0.15, 0.2) is 0 Å². The fraction of sp³-hybridized carbons (Fsp3) is 0.364. The lowest BCUT2D eigenvalue weighted by Gasteiger charge is -2.17. The molecule has 1 atom stereocenters. The molecule has 16 heavy (non-hydrogen) atoms. The van der Waals surface area contributed by atoms with Crippen LogP contribution in [0.15, 0.2) is 6.07 Å². The van der Waals surface area contributed by atoms with Crippen LogP contribution in [-0.2, 0) is 4.79 Å². The summed E-state index contributed by atoms with van der Waals surface area (Å²) in [5, 5.41) is 9.78. The monoisotopic (exact) mass is 262 g/mol. The van der Waals surface area contributed by atoms with E-state index in [0.717, 1.165) is 0 Å². The highest BCUT2D eigenvalue weighted by Gasteiger charge is 2.24. The van der Waals surface area contributed by atoms with Gasteiger partial charge in [0, 0.05) is 10.6 Å². The molecular weight excluding hydrogens is 251 g/mol. The van der Waals surface area contributed by atoms with Gasteiger partial charge in [0.1, 0.15) is 5.75 Å². The Bertz CT molecular complexity index is 430. The molecule has 0 saturated heterocycles. The summed E-state index contributed by atoms with van der Waals surface area (Å²) in [6.07, 6.45) is 0. The summed E-state index contributed by atoms with van der Waals surface area (Å²) < 4.78 is 5.13. The van der Waals surface area contributed by atoms with Crippen LogP contribution in [-0.4, -0.2) is 18.2 Å². The first kappa shape index (κ1) is 13.1. The second-order valence-corrected chi connectivity index (χ2v) is 4.29. The predicted molar refractivity (Wildman–Crippen MR) is 63.8 cm³/mol. The van der Waals surface area contributed by atoms with E-state index in [4.69, 9.17) is 33.0 Å². The van der Waals surface area contributed by atoms with E-state index in [9.17, 15) is 4.79 Å². The zero-order chi connectivity index (χ0) is 12.5. The Morgan fingerprint density at radius 1 is 1.44 bits per heavy atom. The van der Waals surface area contributed by atoms with Crippen LogP contribution in [0.2, 0.25) is 10.0 Å². The number of rotatable bonds is 3. The Labute approximate surface area is 104 Å². The Morgan fingerprint density at radius 3 is 2.44 bits per heavy atom. The molecule has 0 radical (unpaired) electrons. The van der Waals surface area contributed by atoms with Gasteiger partial charge in [-0.05, 0) is 25.5 Å². The number of carboxylic acid groups (broad SMARTS) is 1. The third kappa shape index (κ3) is 2.25. The molecule has 0 heterocycles. The first-order valence-electron chi connectivity index (χ1n) is 4.65. The molecule has 0 aliphatic carbocycles. The fourth-order valence-electron chi connectivity index (χ4n) is 1.56. The third-order valence-corrected chi connectivity index (χ3v) is 3.16. The first-order valence-corrected chi connectivity index (χ1v) is 5.41. The second kappa shape index (κ2) is 4.93. The number of carbonyl (C=O) groups is 1. The molecule has 0 bridgehead atoms. The molecule has 1 aromatic rings. The minimum atomic E-state index is -0.945. The average molecular weight is 263 g/mol. The predicted octanol–water partition coefficient (Wildman–Crippen LogP) is 3.50. The van der Waals surface area contributed by atoms with Crippen molar-refractivity contribution in [2.24, 2.45) is 0 Å². The van der Waals surface area contributed by atoms with E-state index in [1.807, 2.05) is 0 Å². The van der Waals surface area contributed by atoms with Crippen LogP contribution in [0.1, 0.15) is 24.0 Å². The van der Waals surface area contributed by atoms with Crippen molar-refractivity contribution in [3.63, 3.8) is 0 Å². The van der Waals surface area contributed by atoms with Gasteiger partial charge in [-0.15, -0.1) is 0 Å². The van der Waals surface area contributed by atoms with Crippen molar-refractivity contribution in [1.29, 1.82) is 0 Å². The Hall–Kier alpha value is -0.930. The number of methoxy groups -OCH3 is 1. The lowest BCUT2D eigenvalue weighted by molar-refractivity contribution is -0.138. The smallest absolute Gasteiger partial charge is 0.310 e. The number of ether oxygens (including phenoxy) is 1. The number of hydrogen-bond donors (Lipinski definition) is 1. The largest absolute Gasteiger partial charge is 0.495 e. The third-order valence-electron chi connectivity index (χ3n) is 2.48. The first-order chi connectivity index (χ1) is 7.40. The molecule has 0 aliphatic rings. The zero-order valence-corrected chi connectivity index (χ0v) is 10.7. The number of aliphatic carboxylic acids is 1. The molecule has 0 saturated carbocycles. The van der Waals surface area contributed by atoms with Crippen molar-refractivity contribution in [2.75, 3.05) is 7.11 Å². The van der Waals surface area contributed by atoms with Crippen molar-refractivity contribution in [3.8, 4) is 5.75 Å². The maximum Gasteiger partial charge on any atom is 0.310 e. The molecule has 0 fully saturated rings. The lowest BCUT2D eigenvalue weighted by atomic mass is 9.95. The van der Waals surface area contributed by atoms with Crippen molar-refractivity contribution >= 4 is 29.2 Å². The van der Waals surface area contributed by atoms with Gasteiger partial charge >= 0.3 is 5.97 Å². The molecule has 1 N–H and O–H groups in total. The van der Waals surface area contributed by atoms with Crippen LogP contribution in [0, 0.1) is 6.92 Å². The second-order valence-electron chi connectivity index (χ2n) is 3.47. The minimum absolute atomic E-state index is 0.321. The Morgan fingerprint density at radius 2 is 2.00 bits per heavy atom. The summed E-state index contributed by atoms with van der Waals surface area (Å²) in [5.74, 6) is -1.29. The van der Waals surface area contributed by atoms with Gasteiger partial charge in [0.05, 0.1) is 18.1 Å². The van der Waals surface area contributed by atoms with E-state index in [1.54, 1.807) is 19.9 Å². The highest BCUT2D eigenvalue weighted by Crippen LogP contribution is 2.39. The van der Waals surface area contributed by atoms with Gasteiger partial charge in [0.2, 0.25) is 0 Å². The maximum atomic E-state index is 11.0. The number of halogens is 2. The number of benzene rings is 1. The van der Waals surface area contributed by atoms with Crippen molar-refractivity contribution in [1.82, 2.24) is 0 Å². The molecular formula is C11H12Cl2O3. The molecule has 0 spiro atoms. The maximum absolute atomic E-state index is 11.0. The Balaban J connectivity index is 3.50. The standard InChI is InChI=1S/C11H12Cl2O3/c1-5-7(12)4-8(13)10(16-3)9(5)6(2)11(14)15/h4,6H,1-3H3,(H,14,15). The fourth-order valence-corrected chi connectivity index (χ4v) is 2.12. The van der Waals surface area contributed by atoms with E-state index >= 15 is 0 Å². The highest BCUT2D eigenvalue weighted by molar-refractivity contribution is 6.36. The summed E-state index contributed by atoms with van der Waals surface area (Å²) in [6.45, 7) is 3.32. The van der Waals surface area contributed by atoms with E-state index in [2.05, 4.69) is 0 Å². The zero-order valence-electron chi connectivity index (χ0n) is 9.17. The van der Waals surface area contributed by atoms with Crippen LogP contribution < -0.4 is 4.74 Å². The van der Waals surface area contributed by atoms with Gasteiger partial charge in [-0.3, -0.25) is 4.79 Å². The molecule has 1 unspecified atom stereocenters. The quantitative estimate of drug-likeness (QED) is 0.907. The van der Waals surface area contributed by atoms with E-state index in [-0.39, 0.29) is 0 Å². The van der Waals surface area contributed by atoms with Crippen molar-refractivity contribution in [2.45, 2.75) is 19.8 Å². The average Bonchev–Trinajstić information content (AvgIpc) is 2.21. The summed E-state index contributed by atoms with van der Waals surface area (Å²) >= 11 is 11.9. The Kier molecular flexibility index (Phi) is 4.05. The molecule has 5 heteroatoms. The summed E-state index contributed by atoms with van der Waals surface area (Å²) in [6, 6.07) is 1.55. The van der Waals surface area contributed by atoms with Crippen LogP contribution in [0.3, 0.4) is 0 Å². The van der Waals surface area contributed by atoms with Crippen molar-refractivity contribution < 1.29 is 14.6 Å². The molecule has 1 aromatic carbocycles. The lowest BCUT2D eigenvalue weighted by Crippen LogP contribution is -2.11. The van der Waals surface area contributed by atoms with E-state index < -0.39 is 11.9 Å². The van der Waals surface area contributed by atoms with Crippen LogP contribution in [0.4, 0.5) is 0 Å². The SMILES string of the molecule is COc1c(Cl)cc(Cl)c(C)c1C(C)C(=O)O. The van der Waals surface area contributed by atoms with Crippen LogP contribution in [0.25, 0.3) is 0 Å². The molecule has 3 nitrogen and oxygen atoms in total. The summed E-state index contributed by atoms with van der Waals surface area (Å²) in [4.78, 5) is 11.0. The van der Waals surface area contributed by atoms with Gasteiger partial charge in [-0.1, -0.05) is 23.2 Å². The molecule has 1 rings (SSSR count). The molecule has 0 amide bonds. The number of carboxylic acids is 1. The van der Waals surface area contributed by atoms with E-state index in [1.165, 1.54) is 7.11 Å². The van der Waals surface area contributed by atoms with Crippen molar-refractivity contribution in [3.05, 3.63) is 27.2 Å². The van der Waals surface area contributed by atoms with Gasteiger partial charge in [-0.2, -0.15) is 0 Å². The van der Waals surface area contributed by atoms with Gasteiger partial charge in [0.25, 0.3) is 0 Å².